The molecule has 9 aromatic rings. The first-order chi connectivity index (χ1) is 25.7. The summed E-state index contributed by atoms with van der Waals surface area (Å²) < 4.78 is 13.0. The zero-order valence-electron chi connectivity index (χ0n) is 27.9. The quantitative estimate of drug-likeness (QED) is 0.187. The van der Waals surface area contributed by atoms with Gasteiger partial charge in [0.15, 0.2) is 17.5 Å². The lowest BCUT2D eigenvalue weighted by molar-refractivity contribution is 0.662. The molecule has 5 nitrogen and oxygen atoms in total. The highest BCUT2D eigenvalue weighted by Crippen LogP contribution is 2.43. The molecule has 2 unspecified atom stereocenters. The van der Waals surface area contributed by atoms with Crippen LogP contribution in [0.15, 0.2) is 173 Å². The Morgan fingerprint density at radius 2 is 1.15 bits per heavy atom. The number of rotatable bonds is 4. The first-order valence-corrected chi connectivity index (χ1v) is 17.6. The Kier molecular flexibility index (Phi) is 6.31. The molecule has 5 heteroatoms. The number of para-hydroxylation sites is 2. The number of hydrogen-bond donors (Lipinski definition) is 0. The van der Waals surface area contributed by atoms with E-state index in [2.05, 4.69) is 127 Å². The van der Waals surface area contributed by atoms with Crippen LogP contribution >= 0.6 is 0 Å². The van der Waals surface area contributed by atoms with Gasteiger partial charge in [-0.2, -0.15) is 0 Å². The van der Waals surface area contributed by atoms with Crippen LogP contribution in [0.3, 0.4) is 0 Å². The Hall–Kier alpha value is -6.85. The first-order valence-electron chi connectivity index (χ1n) is 17.6. The van der Waals surface area contributed by atoms with Crippen molar-refractivity contribution in [3.05, 3.63) is 170 Å². The molecule has 11 rings (SSSR count). The zero-order valence-corrected chi connectivity index (χ0v) is 27.9. The Balaban J connectivity index is 1.13. The van der Waals surface area contributed by atoms with E-state index in [1.165, 1.54) is 5.39 Å². The summed E-state index contributed by atoms with van der Waals surface area (Å²) in [7, 11) is 0. The Bertz CT molecular complexity index is 3050. The molecule has 6 aromatic carbocycles. The second-order valence-electron chi connectivity index (χ2n) is 13.5. The molecule has 244 valence electrons. The van der Waals surface area contributed by atoms with Crippen molar-refractivity contribution in [1.82, 2.24) is 15.0 Å². The molecule has 0 aliphatic heterocycles. The van der Waals surface area contributed by atoms with E-state index >= 15 is 0 Å². The van der Waals surface area contributed by atoms with Crippen LogP contribution in [0.2, 0.25) is 0 Å². The monoisotopic (exact) mass is 667 g/mol. The van der Waals surface area contributed by atoms with Crippen molar-refractivity contribution in [1.29, 1.82) is 0 Å². The van der Waals surface area contributed by atoms with E-state index in [4.69, 9.17) is 23.8 Å². The molecule has 52 heavy (non-hydrogen) atoms. The fourth-order valence-corrected chi connectivity index (χ4v) is 7.85. The molecule has 0 N–H and O–H groups in total. The van der Waals surface area contributed by atoms with Gasteiger partial charge in [-0.15, -0.1) is 0 Å². The molecule has 0 saturated heterocycles. The van der Waals surface area contributed by atoms with Gasteiger partial charge in [0.2, 0.25) is 0 Å². The number of furan rings is 2. The van der Waals surface area contributed by atoms with Crippen LogP contribution < -0.4 is 0 Å². The van der Waals surface area contributed by atoms with Gasteiger partial charge in [0, 0.05) is 55.6 Å². The summed E-state index contributed by atoms with van der Waals surface area (Å²) in [5, 5.41) is 6.48. The van der Waals surface area contributed by atoms with Gasteiger partial charge in [0.05, 0.1) is 0 Å². The molecule has 3 aromatic heterocycles. The summed E-state index contributed by atoms with van der Waals surface area (Å²) >= 11 is 0. The second-order valence-corrected chi connectivity index (χ2v) is 13.5. The van der Waals surface area contributed by atoms with Crippen molar-refractivity contribution in [2.24, 2.45) is 11.8 Å². The van der Waals surface area contributed by atoms with E-state index in [1.807, 2.05) is 36.4 Å². The highest BCUT2D eigenvalue weighted by atomic mass is 16.3. The third kappa shape index (κ3) is 4.60. The molecule has 0 fully saturated rings. The maximum Gasteiger partial charge on any atom is 0.164 e. The number of nitrogens with zero attached hydrogens (tertiary/aromatic N) is 3. The fraction of sp³-hybridized carbons (Fsp3) is 0.0426. The minimum atomic E-state index is 0.252. The predicted molar refractivity (Wildman–Crippen MR) is 211 cm³/mol. The van der Waals surface area contributed by atoms with Crippen LogP contribution in [0.4, 0.5) is 0 Å². The van der Waals surface area contributed by atoms with Crippen molar-refractivity contribution in [2.75, 3.05) is 0 Å². The molecular weight excluding hydrogens is 639 g/mol. The van der Waals surface area contributed by atoms with E-state index in [-0.39, 0.29) is 5.92 Å². The van der Waals surface area contributed by atoms with Gasteiger partial charge in [0.25, 0.3) is 0 Å². The normalized spacial score (nSPS) is 16.7. The van der Waals surface area contributed by atoms with E-state index < -0.39 is 0 Å². The average Bonchev–Trinajstić information content (AvgIpc) is 3.78. The van der Waals surface area contributed by atoms with E-state index in [1.54, 1.807) is 0 Å². The van der Waals surface area contributed by atoms with E-state index in [0.717, 1.165) is 77.1 Å². The zero-order chi connectivity index (χ0) is 34.2. The molecule has 0 saturated carbocycles. The molecule has 3 heterocycles. The summed E-state index contributed by atoms with van der Waals surface area (Å²) in [5.74, 6) is 2.45. The summed E-state index contributed by atoms with van der Waals surface area (Å²) in [4.78, 5) is 15.5. The lowest BCUT2D eigenvalue weighted by Gasteiger charge is -2.22. The van der Waals surface area contributed by atoms with Gasteiger partial charge in [0.1, 0.15) is 22.3 Å². The second kappa shape index (κ2) is 11.3. The molecular formula is C47H29N3O2. The lowest BCUT2D eigenvalue weighted by Crippen LogP contribution is -2.12. The van der Waals surface area contributed by atoms with Crippen molar-refractivity contribution >= 4 is 60.2 Å². The van der Waals surface area contributed by atoms with Crippen molar-refractivity contribution in [3.63, 3.8) is 0 Å². The summed E-state index contributed by atoms with van der Waals surface area (Å²) in [5.41, 5.74) is 8.10. The van der Waals surface area contributed by atoms with E-state index in [0.29, 0.717) is 23.4 Å². The van der Waals surface area contributed by atoms with Crippen LogP contribution in [0.5, 0.6) is 0 Å². The Morgan fingerprint density at radius 1 is 0.462 bits per heavy atom. The standard InChI is InChI=1S/C47H29N3O2/c1-3-11-30-25-33(19-17-28(30)9-1)45-48-46(34-20-18-29-10-2-4-12-31(29)26-34)50-47(49-45)39-24-23-35(44-43(39)38-14-6-8-16-41(38)52-44)32-21-22-37-36-13-5-7-15-40(36)51-42(37)27-32/h1-28,30H. The molecule has 2 aliphatic carbocycles. The van der Waals surface area contributed by atoms with Gasteiger partial charge in [-0.05, 0) is 58.8 Å². The number of fused-ring (bicyclic) bond motifs is 8. The number of benzene rings is 6. The third-order valence-corrected chi connectivity index (χ3v) is 10.5. The van der Waals surface area contributed by atoms with Gasteiger partial charge in [-0.25, -0.2) is 15.0 Å². The van der Waals surface area contributed by atoms with Gasteiger partial charge >= 0.3 is 0 Å². The first kappa shape index (κ1) is 28.9. The summed E-state index contributed by atoms with van der Waals surface area (Å²) in [6.45, 7) is 0. The summed E-state index contributed by atoms with van der Waals surface area (Å²) in [6.07, 6.45) is 15.4. The maximum atomic E-state index is 6.70. The predicted octanol–water partition coefficient (Wildman–Crippen LogP) is 12.1. The molecule has 2 aliphatic rings. The SMILES string of the molecule is C1=CC2C=CC(c3nc(-c4ccc5ccccc5c4)nc(-c4ccc(-c5ccc6c(c5)oc5ccccc56)c5oc6ccccc6c45)n3)=CC2C=C1. The topological polar surface area (TPSA) is 65.0 Å². The third-order valence-electron chi connectivity index (χ3n) is 10.5. The van der Waals surface area contributed by atoms with Crippen LogP contribution in [0.1, 0.15) is 5.82 Å². The molecule has 0 amide bonds. The molecule has 0 radical (unpaired) electrons. The van der Waals surface area contributed by atoms with Crippen LogP contribution in [0, 0.1) is 11.8 Å². The molecule has 2 atom stereocenters. The highest BCUT2D eigenvalue weighted by Gasteiger charge is 2.24. The van der Waals surface area contributed by atoms with Crippen LogP contribution in [0.25, 0.3) is 94.1 Å². The molecule has 0 bridgehead atoms. The highest BCUT2D eigenvalue weighted by molar-refractivity contribution is 6.16. The minimum absolute atomic E-state index is 0.252. The van der Waals surface area contributed by atoms with Crippen LogP contribution in [-0.2, 0) is 0 Å². The lowest BCUT2D eigenvalue weighted by atomic mass is 9.83. The van der Waals surface area contributed by atoms with Crippen molar-refractivity contribution < 1.29 is 8.83 Å². The number of hydrogen-bond acceptors (Lipinski definition) is 5. The van der Waals surface area contributed by atoms with Gasteiger partial charge < -0.3 is 8.83 Å². The van der Waals surface area contributed by atoms with Crippen LogP contribution in [-0.4, -0.2) is 15.0 Å². The smallest absolute Gasteiger partial charge is 0.164 e. The number of aromatic nitrogens is 3. The van der Waals surface area contributed by atoms with Gasteiger partial charge in [-0.1, -0.05) is 121 Å². The Labute approximate surface area is 298 Å². The van der Waals surface area contributed by atoms with E-state index in [9.17, 15) is 0 Å². The van der Waals surface area contributed by atoms with Crippen molar-refractivity contribution in [3.8, 4) is 33.9 Å². The largest absolute Gasteiger partial charge is 0.456 e. The maximum absolute atomic E-state index is 6.70. The molecule has 0 spiro atoms. The summed E-state index contributed by atoms with van der Waals surface area (Å²) in [6, 6.07) is 41.7. The average molecular weight is 668 g/mol. The number of allylic oxidation sites excluding steroid dienone is 8. The van der Waals surface area contributed by atoms with Crippen molar-refractivity contribution in [2.45, 2.75) is 0 Å². The Morgan fingerprint density at radius 3 is 2.06 bits per heavy atom. The minimum Gasteiger partial charge on any atom is -0.456 e. The van der Waals surface area contributed by atoms with Gasteiger partial charge in [-0.3, -0.25) is 0 Å². The fourth-order valence-electron chi connectivity index (χ4n) is 7.85.